The van der Waals surface area contributed by atoms with Crippen LogP contribution in [0.25, 0.3) is 22.2 Å². The molecule has 1 aromatic heterocycles. The lowest BCUT2D eigenvalue weighted by Crippen LogP contribution is -2.48. The number of piperazine rings is 1. The van der Waals surface area contributed by atoms with E-state index in [-0.39, 0.29) is 30.9 Å². The Bertz CT molecular complexity index is 2310. The number of nitrogens with one attached hydrogen (secondary N) is 2. The number of fused-ring (bicyclic) bond motifs is 1. The van der Waals surface area contributed by atoms with E-state index in [4.69, 9.17) is 4.74 Å². The van der Waals surface area contributed by atoms with Gasteiger partial charge in [-0.15, -0.1) is 0 Å². The van der Waals surface area contributed by atoms with E-state index < -0.39 is 10.0 Å². The van der Waals surface area contributed by atoms with Crippen LogP contribution in [0.1, 0.15) is 85.2 Å². The van der Waals surface area contributed by atoms with Gasteiger partial charge in [-0.25, -0.2) is 8.42 Å². The van der Waals surface area contributed by atoms with Crippen LogP contribution in [0.3, 0.4) is 0 Å². The van der Waals surface area contributed by atoms with E-state index in [0.717, 1.165) is 84.0 Å². The van der Waals surface area contributed by atoms with Crippen LogP contribution in [0, 0.1) is 0 Å². The van der Waals surface area contributed by atoms with E-state index in [0.29, 0.717) is 69.5 Å². The number of anilines is 2. The van der Waals surface area contributed by atoms with E-state index in [9.17, 15) is 22.8 Å². The van der Waals surface area contributed by atoms with Crippen LogP contribution in [0.2, 0.25) is 0 Å². The molecule has 3 fully saturated rings. The highest BCUT2D eigenvalue weighted by Gasteiger charge is 2.29. The summed E-state index contributed by atoms with van der Waals surface area (Å²) in [5.74, 6) is 0.922. The average Bonchev–Trinajstić information content (AvgIpc) is 3.81. The maximum absolute atomic E-state index is 13.6. The van der Waals surface area contributed by atoms with E-state index in [1.165, 1.54) is 22.5 Å². The highest BCUT2D eigenvalue weighted by atomic mass is 32.2. The van der Waals surface area contributed by atoms with E-state index in [1.54, 1.807) is 0 Å². The highest BCUT2D eigenvalue weighted by molar-refractivity contribution is 7.88. The summed E-state index contributed by atoms with van der Waals surface area (Å²) in [5, 5.41) is 7.25. The van der Waals surface area contributed by atoms with Gasteiger partial charge in [0.15, 0.2) is 0 Å². The molecule has 2 saturated heterocycles. The standard InChI is InChI=1S/C45H54N6O6S/c1-58(55,56)49-26-24-48(25-27-49)39-20-16-36(50-23-9-12-42(50)53)28-35(39)31-57-37-17-13-33(14-18-37)44-43(32-10-5-4-6-11-32)38-19-15-34-29-40(38)51(44)30-41(52)46-21-7-2-3-8-22-47-45(34)54/h2-3,13-20,28-29,32H,4-12,21-27,30-31H2,1H3,(H,46,52)(H,47,54)/b3-2+. The van der Waals surface area contributed by atoms with E-state index in [2.05, 4.69) is 38.3 Å². The minimum Gasteiger partial charge on any atom is -0.489 e. The summed E-state index contributed by atoms with van der Waals surface area (Å²) < 4.78 is 34.6. The number of carbonyl (C=O) groups excluding carboxylic acids is 3. The summed E-state index contributed by atoms with van der Waals surface area (Å²) in [4.78, 5) is 43.6. The van der Waals surface area contributed by atoms with Crippen molar-refractivity contribution in [3.63, 3.8) is 0 Å². The molecule has 2 bridgehead atoms. The van der Waals surface area contributed by atoms with Gasteiger partial charge in [-0.1, -0.05) is 37.5 Å². The monoisotopic (exact) mass is 806 g/mol. The molecule has 3 amide bonds. The van der Waals surface area contributed by atoms with Crippen molar-refractivity contribution < 1.29 is 27.5 Å². The number of benzene rings is 3. The molecular weight excluding hydrogens is 753 g/mol. The maximum Gasteiger partial charge on any atom is 0.251 e. The first-order chi connectivity index (χ1) is 28.1. The Morgan fingerprint density at radius 1 is 0.776 bits per heavy atom. The smallest absolute Gasteiger partial charge is 0.251 e. The van der Waals surface area contributed by atoms with Gasteiger partial charge in [-0.05, 0) is 104 Å². The second-order valence-corrected chi connectivity index (χ2v) is 18.0. The third-order valence-electron chi connectivity index (χ3n) is 12.1. The molecule has 0 unspecified atom stereocenters. The van der Waals surface area contributed by atoms with Crippen LogP contribution in [0.15, 0.2) is 72.8 Å². The Hall–Kier alpha value is -5.14. The number of aromatic nitrogens is 1. The van der Waals surface area contributed by atoms with Gasteiger partial charge in [-0.2, -0.15) is 4.31 Å². The fourth-order valence-corrected chi connectivity index (χ4v) is 9.94. The van der Waals surface area contributed by atoms with Crippen LogP contribution in [-0.4, -0.2) is 87.1 Å². The summed E-state index contributed by atoms with van der Waals surface area (Å²) in [5.41, 5.74) is 7.40. The normalized spacial score (nSPS) is 19.8. The number of amides is 3. The van der Waals surface area contributed by atoms with E-state index in [1.807, 2.05) is 59.5 Å². The van der Waals surface area contributed by atoms with Crippen LogP contribution in [0.4, 0.5) is 11.4 Å². The van der Waals surface area contributed by atoms with Gasteiger partial charge < -0.3 is 29.7 Å². The molecule has 1 aliphatic carbocycles. The molecule has 12 nitrogen and oxygen atoms in total. The molecule has 13 heteroatoms. The summed E-state index contributed by atoms with van der Waals surface area (Å²) >= 11 is 0. The first-order valence-corrected chi connectivity index (χ1v) is 22.7. The lowest BCUT2D eigenvalue weighted by Gasteiger charge is -2.36. The Labute approximate surface area is 341 Å². The van der Waals surface area contributed by atoms with Gasteiger partial charge >= 0.3 is 0 Å². The maximum atomic E-state index is 13.6. The second-order valence-electron chi connectivity index (χ2n) is 16.0. The summed E-state index contributed by atoms with van der Waals surface area (Å²) in [6, 6.07) is 20.1. The topological polar surface area (TPSA) is 133 Å². The molecule has 4 aromatic rings. The molecule has 4 aliphatic rings. The zero-order valence-electron chi connectivity index (χ0n) is 33.4. The van der Waals surface area contributed by atoms with Crippen molar-refractivity contribution in [3.8, 4) is 17.0 Å². The molecule has 306 valence electrons. The third-order valence-corrected chi connectivity index (χ3v) is 13.4. The van der Waals surface area contributed by atoms with Gasteiger partial charge in [0.2, 0.25) is 21.8 Å². The van der Waals surface area contributed by atoms with Crippen LogP contribution < -0.4 is 25.2 Å². The molecule has 8 rings (SSSR count). The zero-order chi connectivity index (χ0) is 40.2. The van der Waals surface area contributed by atoms with Gasteiger partial charge in [0.1, 0.15) is 18.9 Å². The van der Waals surface area contributed by atoms with Crippen molar-refractivity contribution in [2.45, 2.75) is 76.9 Å². The molecule has 2 N–H and O–H groups in total. The van der Waals surface area contributed by atoms with Crippen molar-refractivity contribution in [2.24, 2.45) is 0 Å². The zero-order valence-corrected chi connectivity index (χ0v) is 34.2. The fraction of sp³-hybridized carbons (Fsp3) is 0.444. The molecule has 58 heavy (non-hydrogen) atoms. The van der Waals surface area contributed by atoms with Crippen molar-refractivity contribution >= 4 is 50.0 Å². The number of ether oxygens (including phenoxy) is 1. The largest absolute Gasteiger partial charge is 0.489 e. The van der Waals surface area contributed by atoms with Crippen molar-refractivity contribution in [1.29, 1.82) is 0 Å². The van der Waals surface area contributed by atoms with Gasteiger partial charge in [0.25, 0.3) is 5.91 Å². The Morgan fingerprint density at radius 3 is 2.21 bits per heavy atom. The number of hydrogen-bond donors (Lipinski definition) is 2. The van der Waals surface area contributed by atoms with Crippen LogP contribution in [0.5, 0.6) is 5.75 Å². The lowest BCUT2D eigenvalue weighted by molar-refractivity contribution is -0.121. The summed E-state index contributed by atoms with van der Waals surface area (Å²) in [7, 11) is -3.27. The lowest BCUT2D eigenvalue weighted by atomic mass is 9.81. The second kappa shape index (κ2) is 17.4. The molecular formula is C45H54N6O6S. The molecule has 4 heterocycles. The predicted molar refractivity (Wildman–Crippen MR) is 228 cm³/mol. The molecule has 3 aliphatic heterocycles. The number of hydrogen-bond acceptors (Lipinski definition) is 7. The molecule has 3 aromatic carbocycles. The van der Waals surface area contributed by atoms with Crippen LogP contribution >= 0.6 is 0 Å². The summed E-state index contributed by atoms with van der Waals surface area (Å²) in [6.45, 7) is 4.05. The highest BCUT2D eigenvalue weighted by Crippen LogP contribution is 2.45. The molecule has 0 spiro atoms. The van der Waals surface area contributed by atoms with Crippen molar-refractivity contribution in [2.75, 3.05) is 61.9 Å². The third kappa shape index (κ3) is 8.66. The number of rotatable bonds is 8. The van der Waals surface area contributed by atoms with Gasteiger partial charge in [-0.3, -0.25) is 14.4 Å². The Kier molecular flexibility index (Phi) is 11.9. The first kappa shape index (κ1) is 39.7. The SMILES string of the molecule is CS(=O)(=O)N1CCN(c2ccc(N3CCCC3=O)cc2COc2ccc(-c3c(C4CCCCC4)c4ccc5cc4n3CC(=O)NCC/C=C/CCNC5=O)cc2)CC1. The first-order valence-electron chi connectivity index (χ1n) is 20.9. The fourth-order valence-electron chi connectivity index (χ4n) is 9.11. The minimum atomic E-state index is -3.27. The Morgan fingerprint density at radius 2 is 1.50 bits per heavy atom. The summed E-state index contributed by atoms with van der Waals surface area (Å²) in [6.07, 6.45) is 13.8. The van der Waals surface area contributed by atoms with Gasteiger partial charge in [0, 0.05) is 80.1 Å². The average molecular weight is 807 g/mol. The molecule has 1 saturated carbocycles. The van der Waals surface area contributed by atoms with Crippen LogP contribution in [-0.2, 0) is 32.8 Å². The number of sulfonamides is 1. The Balaban J connectivity index is 1.12. The number of nitrogens with zero attached hydrogens (tertiary/aromatic N) is 4. The quantitative estimate of drug-likeness (QED) is 0.199. The molecule has 0 radical (unpaired) electrons. The van der Waals surface area contributed by atoms with Gasteiger partial charge in [0.05, 0.1) is 17.5 Å². The molecule has 0 atom stereocenters. The van der Waals surface area contributed by atoms with E-state index >= 15 is 0 Å². The minimum absolute atomic E-state index is 0.0715. The van der Waals surface area contributed by atoms with Crippen molar-refractivity contribution in [3.05, 3.63) is 89.5 Å². The number of carbonyl (C=O) groups is 3. The van der Waals surface area contributed by atoms with Crippen molar-refractivity contribution in [1.82, 2.24) is 19.5 Å². The predicted octanol–water partition coefficient (Wildman–Crippen LogP) is 6.34.